The number of nitrogens with zero attached hydrogens (tertiary/aromatic N) is 2. The second-order valence-electron chi connectivity index (χ2n) is 6.75. The van der Waals surface area contributed by atoms with Gasteiger partial charge in [-0.25, -0.2) is 0 Å². The summed E-state index contributed by atoms with van der Waals surface area (Å²) in [4.78, 5) is -0.598. The lowest BCUT2D eigenvalue weighted by Gasteiger charge is -2.29. The van der Waals surface area contributed by atoms with E-state index in [9.17, 15) is 0 Å². The molecule has 0 bridgehead atoms. The Labute approximate surface area is 127 Å². The minimum Gasteiger partial charge on any atom is -0.349 e. The second-order valence-corrected chi connectivity index (χ2v) is 7.79. The van der Waals surface area contributed by atoms with Crippen LogP contribution in [0.2, 0.25) is 0 Å². The molecule has 4 rings (SSSR count). The van der Waals surface area contributed by atoms with E-state index in [1.165, 1.54) is 11.9 Å². The van der Waals surface area contributed by atoms with Crippen LogP contribution in [0, 0.1) is 0 Å². The molecule has 3 saturated heterocycles. The summed E-state index contributed by atoms with van der Waals surface area (Å²) in [5, 5.41) is 4.07. The molecular formula is C13H20N2O5S. The highest BCUT2D eigenvalue weighted by Crippen LogP contribution is 2.53. The van der Waals surface area contributed by atoms with Gasteiger partial charge in [-0.1, -0.05) is 0 Å². The minimum atomic E-state index is -0.636. The van der Waals surface area contributed by atoms with Gasteiger partial charge >= 0.3 is 0 Å². The standard InChI is InChI=1S/C13H20N2O5S/c1-11(2)16-5-7(17-11)8-9-10(20-12(3,4)18-9)13(19-8)6-14-15-21-13/h7-10H,5-6H2,1-4H3/t7-,8-,9+,10+,13+/m1/s1. The third-order valence-electron chi connectivity index (χ3n) is 4.16. The third kappa shape index (κ3) is 2.24. The smallest absolute Gasteiger partial charge is 0.186 e. The van der Waals surface area contributed by atoms with Crippen LogP contribution in [0.4, 0.5) is 0 Å². The van der Waals surface area contributed by atoms with Crippen molar-refractivity contribution in [2.75, 3.05) is 13.2 Å². The SMILES string of the molecule is CC1(C)OC[C@H]([C@H]2O[C@]3(CN=NS3)[C@H]3OC(C)(C)O[C@@H]23)O1. The van der Waals surface area contributed by atoms with E-state index in [1.54, 1.807) is 0 Å². The summed E-state index contributed by atoms with van der Waals surface area (Å²) in [6.45, 7) is 8.60. The molecule has 0 radical (unpaired) electrons. The van der Waals surface area contributed by atoms with Crippen molar-refractivity contribution >= 4 is 11.9 Å². The van der Waals surface area contributed by atoms with Gasteiger partial charge in [0, 0.05) is 11.9 Å². The molecular weight excluding hydrogens is 296 g/mol. The number of hydrogen-bond acceptors (Lipinski definition) is 8. The molecule has 4 aliphatic rings. The Kier molecular flexibility index (Phi) is 3.00. The largest absolute Gasteiger partial charge is 0.349 e. The fourth-order valence-corrected chi connectivity index (χ4v) is 4.16. The lowest BCUT2D eigenvalue weighted by atomic mass is 10.0. The Hall–Kier alpha value is -0.250. The molecule has 3 fully saturated rings. The monoisotopic (exact) mass is 316 g/mol. The van der Waals surface area contributed by atoms with Crippen molar-refractivity contribution in [1.82, 2.24) is 0 Å². The highest BCUT2D eigenvalue weighted by atomic mass is 32.2. The Morgan fingerprint density at radius 3 is 2.38 bits per heavy atom. The van der Waals surface area contributed by atoms with E-state index in [2.05, 4.69) is 9.63 Å². The molecule has 5 atom stereocenters. The fraction of sp³-hybridized carbons (Fsp3) is 1.00. The molecule has 0 aromatic heterocycles. The quantitative estimate of drug-likeness (QED) is 0.688. The van der Waals surface area contributed by atoms with Gasteiger partial charge in [-0.15, -0.1) is 4.52 Å². The van der Waals surface area contributed by atoms with Gasteiger partial charge in [-0.05, 0) is 27.7 Å². The highest BCUT2D eigenvalue weighted by molar-refractivity contribution is 7.99. The summed E-state index contributed by atoms with van der Waals surface area (Å²) < 4.78 is 34.1. The fourth-order valence-electron chi connectivity index (χ4n) is 3.35. The first-order valence-corrected chi connectivity index (χ1v) is 7.98. The summed E-state index contributed by atoms with van der Waals surface area (Å²) >= 11 is 1.33. The van der Waals surface area contributed by atoms with Gasteiger partial charge < -0.3 is 23.7 Å². The Morgan fingerprint density at radius 1 is 0.952 bits per heavy atom. The first-order chi connectivity index (χ1) is 9.80. The molecule has 7 nitrogen and oxygen atoms in total. The van der Waals surface area contributed by atoms with Crippen LogP contribution in [0.5, 0.6) is 0 Å². The van der Waals surface area contributed by atoms with Gasteiger partial charge in [-0.3, -0.25) is 0 Å². The predicted octanol–water partition coefficient (Wildman–Crippen LogP) is 1.87. The van der Waals surface area contributed by atoms with E-state index in [4.69, 9.17) is 23.7 Å². The number of fused-ring (bicyclic) bond motifs is 2. The number of hydrogen-bond donors (Lipinski definition) is 0. The summed E-state index contributed by atoms with van der Waals surface area (Å²) in [7, 11) is 0. The van der Waals surface area contributed by atoms with Crippen molar-refractivity contribution in [3.8, 4) is 0 Å². The topological polar surface area (TPSA) is 70.9 Å². The molecule has 0 aromatic rings. The molecule has 4 aliphatic heterocycles. The van der Waals surface area contributed by atoms with Crippen LogP contribution in [0.3, 0.4) is 0 Å². The zero-order valence-corrected chi connectivity index (χ0v) is 13.4. The average molecular weight is 316 g/mol. The van der Waals surface area contributed by atoms with Gasteiger partial charge in [0.1, 0.15) is 31.0 Å². The third-order valence-corrected chi connectivity index (χ3v) is 5.13. The summed E-state index contributed by atoms with van der Waals surface area (Å²) in [5.41, 5.74) is 0. The normalized spacial score (nSPS) is 50.1. The van der Waals surface area contributed by atoms with Crippen LogP contribution in [-0.2, 0) is 23.7 Å². The van der Waals surface area contributed by atoms with Crippen LogP contribution in [0.25, 0.3) is 0 Å². The van der Waals surface area contributed by atoms with Crippen molar-refractivity contribution in [3.05, 3.63) is 0 Å². The van der Waals surface area contributed by atoms with E-state index >= 15 is 0 Å². The van der Waals surface area contributed by atoms with Crippen molar-refractivity contribution < 1.29 is 23.7 Å². The van der Waals surface area contributed by atoms with Crippen molar-refractivity contribution in [1.29, 1.82) is 0 Å². The summed E-state index contributed by atoms with van der Waals surface area (Å²) in [6, 6.07) is 0. The van der Waals surface area contributed by atoms with E-state index < -0.39 is 16.5 Å². The van der Waals surface area contributed by atoms with Crippen LogP contribution < -0.4 is 0 Å². The number of rotatable bonds is 1. The van der Waals surface area contributed by atoms with E-state index in [0.29, 0.717) is 13.2 Å². The van der Waals surface area contributed by atoms with Crippen molar-refractivity contribution in [2.24, 2.45) is 9.63 Å². The zero-order valence-electron chi connectivity index (χ0n) is 12.6. The van der Waals surface area contributed by atoms with E-state index in [-0.39, 0.29) is 24.4 Å². The maximum Gasteiger partial charge on any atom is 0.186 e. The molecule has 8 heteroatoms. The second kappa shape index (κ2) is 4.39. The van der Waals surface area contributed by atoms with Gasteiger partial charge in [-0.2, -0.15) is 5.11 Å². The Balaban J connectivity index is 1.61. The van der Waals surface area contributed by atoms with Crippen LogP contribution in [-0.4, -0.2) is 54.1 Å². The first kappa shape index (κ1) is 14.3. The highest BCUT2D eigenvalue weighted by Gasteiger charge is 2.67. The van der Waals surface area contributed by atoms with Crippen molar-refractivity contribution in [2.45, 2.75) is 68.6 Å². The predicted molar refractivity (Wildman–Crippen MR) is 73.6 cm³/mol. The van der Waals surface area contributed by atoms with Crippen molar-refractivity contribution in [3.63, 3.8) is 0 Å². The molecule has 0 aromatic carbocycles. The van der Waals surface area contributed by atoms with Crippen LogP contribution >= 0.6 is 11.9 Å². The molecule has 0 aliphatic carbocycles. The maximum absolute atomic E-state index is 6.27. The molecule has 21 heavy (non-hydrogen) atoms. The zero-order chi connectivity index (χ0) is 14.9. The van der Waals surface area contributed by atoms with Gasteiger partial charge in [0.05, 0.1) is 6.61 Å². The lowest BCUT2D eigenvalue weighted by molar-refractivity contribution is -0.209. The Bertz CT molecular complexity index is 475. The first-order valence-electron chi connectivity index (χ1n) is 7.21. The minimum absolute atomic E-state index is 0.175. The molecule has 4 heterocycles. The maximum atomic E-state index is 6.27. The lowest BCUT2D eigenvalue weighted by Crippen LogP contribution is -2.41. The van der Waals surface area contributed by atoms with Crippen LogP contribution in [0.15, 0.2) is 9.63 Å². The van der Waals surface area contributed by atoms with E-state index in [1.807, 2.05) is 27.7 Å². The van der Waals surface area contributed by atoms with Gasteiger partial charge in [0.25, 0.3) is 0 Å². The van der Waals surface area contributed by atoms with Gasteiger partial charge in [0.15, 0.2) is 16.5 Å². The van der Waals surface area contributed by atoms with E-state index in [0.717, 1.165) is 0 Å². The van der Waals surface area contributed by atoms with Gasteiger partial charge in [0.2, 0.25) is 0 Å². The molecule has 118 valence electrons. The van der Waals surface area contributed by atoms with Crippen LogP contribution in [0.1, 0.15) is 27.7 Å². The molecule has 1 spiro atoms. The molecule has 0 N–H and O–H groups in total. The number of ether oxygens (including phenoxy) is 5. The summed E-state index contributed by atoms with van der Waals surface area (Å²) in [6.07, 6.45) is -0.816. The Morgan fingerprint density at radius 2 is 1.76 bits per heavy atom. The molecule has 0 amide bonds. The molecule has 0 unspecified atom stereocenters. The average Bonchev–Trinajstić information content (AvgIpc) is 3.08. The molecule has 0 saturated carbocycles. The summed E-state index contributed by atoms with van der Waals surface area (Å²) in [5.74, 6) is -1.23.